The minimum atomic E-state index is -0.0495. The molecule has 3 nitrogen and oxygen atoms in total. The molecular formula is C9H19ClN2O. The molecule has 0 aliphatic rings. The Morgan fingerprint density at radius 1 is 1.38 bits per heavy atom. The lowest BCUT2D eigenvalue weighted by Gasteiger charge is -2.04. The SMILES string of the molecule is C=C(C)C(=O)NCCCNCC.Cl. The largest absolute Gasteiger partial charge is 0.352 e. The summed E-state index contributed by atoms with van der Waals surface area (Å²) < 4.78 is 0. The van der Waals surface area contributed by atoms with E-state index in [1.54, 1.807) is 6.92 Å². The lowest BCUT2D eigenvalue weighted by molar-refractivity contribution is -0.117. The standard InChI is InChI=1S/C9H18N2O.ClH/c1-4-10-6-5-7-11-9(12)8(2)3;/h10H,2,4-7H2,1,3H3,(H,11,12);1H. The highest BCUT2D eigenvalue weighted by atomic mass is 35.5. The van der Waals surface area contributed by atoms with Gasteiger partial charge in [0.2, 0.25) is 5.91 Å². The Hall–Kier alpha value is -0.540. The van der Waals surface area contributed by atoms with Crippen LogP contribution in [0.25, 0.3) is 0 Å². The molecule has 0 aromatic carbocycles. The molecule has 0 aromatic rings. The van der Waals surface area contributed by atoms with Gasteiger partial charge in [0.1, 0.15) is 0 Å². The second-order valence-electron chi connectivity index (χ2n) is 2.74. The Morgan fingerprint density at radius 2 is 2.00 bits per heavy atom. The van der Waals surface area contributed by atoms with Gasteiger partial charge in [-0.25, -0.2) is 0 Å². The average molecular weight is 207 g/mol. The normalized spacial score (nSPS) is 8.77. The fraction of sp³-hybridized carbons (Fsp3) is 0.667. The van der Waals surface area contributed by atoms with Gasteiger partial charge in [0.05, 0.1) is 0 Å². The number of halogens is 1. The minimum absolute atomic E-state index is 0. The highest BCUT2D eigenvalue weighted by Crippen LogP contribution is 1.85. The monoisotopic (exact) mass is 206 g/mol. The van der Waals surface area contributed by atoms with Crippen molar-refractivity contribution < 1.29 is 4.79 Å². The van der Waals surface area contributed by atoms with Gasteiger partial charge >= 0.3 is 0 Å². The van der Waals surface area contributed by atoms with E-state index < -0.39 is 0 Å². The summed E-state index contributed by atoms with van der Waals surface area (Å²) in [5.41, 5.74) is 0.568. The van der Waals surface area contributed by atoms with Crippen molar-refractivity contribution in [1.82, 2.24) is 10.6 Å². The van der Waals surface area contributed by atoms with Gasteiger partial charge in [0.15, 0.2) is 0 Å². The lowest BCUT2D eigenvalue weighted by atomic mass is 10.3. The molecule has 0 fully saturated rings. The van der Waals surface area contributed by atoms with Gasteiger partial charge in [-0.3, -0.25) is 4.79 Å². The van der Waals surface area contributed by atoms with Crippen molar-refractivity contribution >= 4 is 18.3 Å². The van der Waals surface area contributed by atoms with Crippen molar-refractivity contribution in [3.63, 3.8) is 0 Å². The zero-order chi connectivity index (χ0) is 9.40. The van der Waals surface area contributed by atoms with Crippen LogP contribution in [0.2, 0.25) is 0 Å². The molecule has 1 amide bonds. The predicted octanol–water partition coefficient (Wildman–Crippen LogP) is 1.10. The van der Waals surface area contributed by atoms with Crippen molar-refractivity contribution in [2.24, 2.45) is 0 Å². The lowest BCUT2D eigenvalue weighted by Crippen LogP contribution is -2.27. The molecule has 78 valence electrons. The van der Waals surface area contributed by atoms with Crippen LogP contribution in [0.3, 0.4) is 0 Å². The van der Waals surface area contributed by atoms with E-state index in [4.69, 9.17) is 0 Å². The maximum Gasteiger partial charge on any atom is 0.246 e. The molecule has 0 aromatic heterocycles. The van der Waals surface area contributed by atoms with Crippen LogP contribution in [0.1, 0.15) is 20.3 Å². The summed E-state index contributed by atoms with van der Waals surface area (Å²) in [4.78, 5) is 10.9. The fourth-order valence-electron chi connectivity index (χ4n) is 0.743. The smallest absolute Gasteiger partial charge is 0.246 e. The van der Waals surface area contributed by atoms with Crippen molar-refractivity contribution in [2.75, 3.05) is 19.6 Å². The van der Waals surface area contributed by atoms with Crippen molar-refractivity contribution in [3.8, 4) is 0 Å². The molecule has 0 radical (unpaired) electrons. The van der Waals surface area contributed by atoms with Crippen molar-refractivity contribution in [3.05, 3.63) is 12.2 Å². The van der Waals surface area contributed by atoms with E-state index in [1.807, 2.05) is 0 Å². The molecule has 0 aliphatic heterocycles. The molecule has 0 bridgehead atoms. The second kappa shape index (κ2) is 9.55. The molecule has 0 atom stereocenters. The molecule has 0 rings (SSSR count). The summed E-state index contributed by atoms with van der Waals surface area (Å²) in [5, 5.41) is 5.94. The van der Waals surface area contributed by atoms with Crippen LogP contribution in [0.15, 0.2) is 12.2 Å². The summed E-state index contributed by atoms with van der Waals surface area (Å²) in [5.74, 6) is -0.0495. The summed E-state index contributed by atoms with van der Waals surface area (Å²) in [6, 6.07) is 0. The first kappa shape index (κ1) is 15.0. The van der Waals surface area contributed by atoms with E-state index in [-0.39, 0.29) is 18.3 Å². The Labute approximate surface area is 86.4 Å². The average Bonchev–Trinajstić information content (AvgIpc) is 2.03. The van der Waals surface area contributed by atoms with Crippen molar-refractivity contribution in [2.45, 2.75) is 20.3 Å². The zero-order valence-corrected chi connectivity index (χ0v) is 9.17. The van der Waals surface area contributed by atoms with E-state index in [1.165, 1.54) is 0 Å². The highest BCUT2D eigenvalue weighted by Gasteiger charge is 1.98. The predicted molar refractivity (Wildman–Crippen MR) is 58.2 cm³/mol. The first-order valence-corrected chi connectivity index (χ1v) is 4.33. The van der Waals surface area contributed by atoms with E-state index >= 15 is 0 Å². The first-order chi connectivity index (χ1) is 5.68. The number of carbonyl (C=O) groups excluding carboxylic acids is 1. The molecule has 0 saturated carbocycles. The third-order valence-electron chi connectivity index (χ3n) is 1.45. The van der Waals surface area contributed by atoms with Gasteiger partial charge in [0, 0.05) is 12.1 Å². The van der Waals surface area contributed by atoms with E-state index in [2.05, 4.69) is 24.1 Å². The van der Waals surface area contributed by atoms with Gasteiger partial charge in [-0.2, -0.15) is 0 Å². The van der Waals surface area contributed by atoms with Crippen LogP contribution in [0.5, 0.6) is 0 Å². The number of hydrogen-bond donors (Lipinski definition) is 2. The van der Waals surface area contributed by atoms with Crippen LogP contribution in [0, 0.1) is 0 Å². The summed E-state index contributed by atoms with van der Waals surface area (Å²) in [6.45, 7) is 9.97. The number of nitrogens with one attached hydrogen (secondary N) is 2. The topological polar surface area (TPSA) is 41.1 Å². The third-order valence-corrected chi connectivity index (χ3v) is 1.45. The third kappa shape index (κ3) is 9.37. The number of rotatable bonds is 6. The Bertz CT molecular complexity index is 160. The van der Waals surface area contributed by atoms with Gasteiger partial charge in [-0.1, -0.05) is 13.5 Å². The maximum atomic E-state index is 10.9. The molecule has 2 N–H and O–H groups in total. The number of carbonyl (C=O) groups is 1. The maximum absolute atomic E-state index is 10.9. The van der Waals surface area contributed by atoms with Crippen LogP contribution in [-0.2, 0) is 4.79 Å². The molecule has 13 heavy (non-hydrogen) atoms. The highest BCUT2D eigenvalue weighted by molar-refractivity contribution is 5.91. The van der Waals surface area contributed by atoms with Crippen LogP contribution in [0.4, 0.5) is 0 Å². The van der Waals surface area contributed by atoms with Gasteiger partial charge in [-0.15, -0.1) is 12.4 Å². The van der Waals surface area contributed by atoms with Crippen LogP contribution < -0.4 is 10.6 Å². The Kier molecular flexibility index (Phi) is 11.0. The quantitative estimate of drug-likeness (QED) is 0.505. The van der Waals surface area contributed by atoms with Gasteiger partial charge in [-0.05, 0) is 26.4 Å². The Morgan fingerprint density at radius 3 is 2.46 bits per heavy atom. The number of amides is 1. The van der Waals surface area contributed by atoms with E-state index in [9.17, 15) is 4.79 Å². The molecule has 0 heterocycles. The molecule has 0 unspecified atom stereocenters. The van der Waals surface area contributed by atoms with Gasteiger partial charge < -0.3 is 10.6 Å². The summed E-state index contributed by atoms with van der Waals surface area (Å²) >= 11 is 0. The summed E-state index contributed by atoms with van der Waals surface area (Å²) in [7, 11) is 0. The fourth-order valence-corrected chi connectivity index (χ4v) is 0.743. The molecule has 0 saturated heterocycles. The van der Waals surface area contributed by atoms with Crippen LogP contribution in [-0.4, -0.2) is 25.5 Å². The molecule has 4 heteroatoms. The molecule has 0 aliphatic carbocycles. The van der Waals surface area contributed by atoms with E-state index in [0.717, 1.165) is 26.1 Å². The molecule has 0 spiro atoms. The molecular weight excluding hydrogens is 188 g/mol. The van der Waals surface area contributed by atoms with E-state index in [0.29, 0.717) is 5.57 Å². The van der Waals surface area contributed by atoms with Gasteiger partial charge in [0.25, 0.3) is 0 Å². The number of hydrogen-bond acceptors (Lipinski definition) is 2. The first-order valence-electron chi connectivity index (χ1n) is 4.33. The summed E-state index contributed by atoms with van der Waals surface area (Å²) in [6.07, 6.45) is 0.965. The minimum Gasteiger partial charge on any atom is -0.352 e. The second-order valence-corrected chi connectivity index (χ2v) is 2.74. The zero-order valence-electron chi connectivity index (χ0n) is 8.35. The Balaban J connectivity index is 0. The van der Waals surface area contributed by atoms with Crippen LogP contribution >= 0.6 is 12.4 Å². The van der Waals surface area contributed by atoms with Crippen molar-refractivity contribution in [1.29, 1.82) is 0 Å².